The molecule has 0 N–H and O–H groups in total. The number of para-hydroxylation sites is 1. The van der Waals surface area contributed by atoms with Crippen LogP contribution in [0.3, 0.4) is 0 Å². The van der Waals surface area contributed by atoms with Gasteiger partial charge in [-0.15, -0.1) is 0 Å². The molecule has 172 valence electrons. The van der Waals surface area contributed by atoms with Crippen LogP contribution in [0.2, 0.25) is 0 Å². The van der Waals surface area contributed by atoms with Gasteiger partial charge in [0.05, 0.1) is 24.2 Å². The van der Waals surface area contributed by atoms with E-state index in [9.17, 15) is 9.18 Å². The predicted octanol–water partition coefficient (Wildman–Crippen LogP) is 5.17. The molecule has 0 atom stereocenters. The van der Waals surface area contributed by atoms with Gasteiger partial charge in [0.25, 0.3) is 5.91 Å². The van der Waals surface area contributed by atoms with E-state index in [-0.39, 0.29) is 11.4 Å². The Hall–Kier alpha value is -3.46. The van der Waals surface area contributed by atoms with Crippen molar-refractivity contribution >= 4 is 32.6 Å². The zero-order valence-corrected chi connectivity index (χ0v) is 19.3. The highest BCUT2D eigenvalue weighted by Gasteiger charge is 2.23. The van der Waals surface area contributed by atoms with E-state index in [1.54, 1.807) is 47.8 Å². The molecule has 0 unspecified atom stereocenters. The van der Waals surface area contributed by atoms with E-state index in [0.29, 0.717) is 59.6 Å². The fourth-order valence-electron chi connectivity index (χ4n) is 3.47. The van der Waals surface area contributed by atoms with Gasteiger partial charge in [0.15, 0.2) is 16.6 Å². The fraction of sp³-hybridized carbons (Fsp3) is 0.292. The van der Waals surface area contributed by atoms with Gasteiger partial charge < -0.3 is 14.0 Å². The first-order valence-electron chi connectivity index (χ1n) is 10.8. The van der Waals surface area contributed by atoms with Crippen molar-refractivity contribution in [2.45, 2.75) is 26.8 Å². The van der Waals surface area contributed by atoms with Crippen molar-refractivity contribution in [3.63, 3.8) is 0 Å². The molecule has 4 rings (SSSR count). The Bertz CT molecular complexity index is 1230. The highest BCUT2D eigenvalue weighted by atomic mass is 32.1. The largest absolute Gasteiger partial charge is 0.490 e. The number of hydrogen-bond acceptors (Lipinski definition) is 6. The van der Waals surface area contributed by atoms with Gasteiger partial charge in [0, 0.05) is 31.0 Å². The van der Waals surface area contributed by atoms with Gasteiger partial charge in [0.2, 0.25) is 0 Å². The summed E-state index contributed by atoms with van der Waals surface area (Å²) < 4.78 is 28.2. The summed E-state index contributed by atoms with van der Waals surface area (Å²) in [4.78, 5) is 23.7. The molecule has 2 heterocycles. The molecule has 33 heavy (non-hydrogen) atoms. The summed E-state index contributed by atoms with van der Waals surface area (Å²) in [6, 6.07) is 9.96. The first kappa shape index (κ1) is 22.7. The number of benzene rings is 2. The lowest BCUT2D eigenvalue weighted by molar-refractivity contribution is 0.0985. The summed E-state index contributed by atoms with van der Waals surface area (Å²) in [5.74, 6) is 0.466. The zero-order valence-electron chi connectivity index (χ0n) is 18.5. The van der Waals surface area contributed by atoms with Gasteiger partial charge in [-0.3, -0.25) is 9.69 Å². The second-order valence-corrected chi connectivity index (χ2v) is 8.23. The number of thiazole rings is 1. The molecule has 7 nitrogen and oxygen atoms in total. The molecule has 0 aliphatic heterocycles. The molecular weight excluding hydrogens is 443 g/mol. The number of amides is 1. The van der Waals surface area contributed by atoms with Crippen LogP contribution in [0.1, 0.15) is 30.6 Å². The van der Waals surface area contributed by atoms with Crippen LogP contribution in [0.5, 0.6) is 11.5 Å². The Balaban J connectivity index is 1.66. The highest BCUT2D eigenvalue weighted by molar-refractivity contribution is 7.22. The molecule has 0 radical (unpaired) electrons. The van der Waals surface area contributed by atoms with E-state index in [1.165, 1.54) is 17.4 Å². The van der Waals surface area contributed by atoms with Gasteiger partial charge in [-0.1, -0.05) is 17.4 Å². The number of hydrogen-bond donors (Lipinski definition) is 0. The zero-order chi connectivity index (χ0) is 23.2. The lowest BCUT2D eigenvalue weighted by Gasteiger charge is -2.21. The number of imidazole rings is 1. The normalized spacial score (nSPS) is 11.0. The molecule has 0 spiro atoms. The van der Waals surface area contributed by atoms with Crippen LogP contribution in [0.25, 0.3) is 10.2 Å². The van der Waals surface area contributed by atoms with Gasteiger partial charge in [-0.2, -0.15) is 0 Å². The monoisotopic (exact) mass is 468 g/mol. The molecule has 0 aliphatic carbocycles. The third kappa shape index (κ3) is 5.14. The number of rotatable bonds is 10. The average molecular weight is 469 g/mol. The van der Waals surface area contributed by atoms with Crippen LogP contribution in [0, 0.1) is 5.82 Å². The topological polar surface area (TPSA) is 69.5 Å². The van der Waals surface area contributed by atoms with E-state index < -0.39 is 5.82 Å². The second-order valence-electron chi connectivity index (χ2n) is 7.22. The highest BCUT2D eigenvalue weighted by Crippen LogP contribution is 2.33. The average Bonchev–Trinajstić information content (AvgIpc) is 3.48. The Kier molecular flexibility index (Phi) is 7.19. The van der Waals surface area contributed by atoms with Crippen LogP contribution in [0.4, 0.5) is 9.52 Å². The number of anilines is 1. The molecule has 0 fully saturated rings. The van der Waals surface area contributed by atoms with Crippen molar-refractivity contribution in [2.24, 2.45) is 0 Å². The molecule has 0 saturated carbocycles. The standard InChI is InChI=1S/C24H25FN4O3S/c1-3-31-19-10-9-17(15-20(19)32-4-2)23(30)29(13-6-12-28-14-11-26-16-28)24-27-22-18(25)7-5-8-21(22)33-24/h5,7-11,14-16H,3-4,6,12-13H2,1-2H3. The Morgan fingerprint density at radius 1 is 1.15 bits per heavy atom. The number of aromatic nitrogens is 3. The summed E-state index contributed by atoms with van der Waals surface area (Å²) in [5.41, 5.74) is 0.718. The maximum atomic E-state index is 14.3. The lowest BCUT2D eigenvalue weighted by atomic mass is 10.1. The Morgan fingerprint density at radius 2 is 1.97 bits per heavy atom. The molecule has 2 aromatic carbocycles. The smallest absolute Gasteiger partial charge is 0.260 e. The summed E-state index contributed by atoms with van der Waals surface area (Å²) in [6.07, 6.45) is 6.00. The molecule has 0 bridgehead atoms. The minimum atomic E-state index is -0.402. The summed E-state index contributed by atoms with van der Waals surface area (Å²) in [7, 11) is 0. The number of aryl methyl sites for hydroxylation is 1. The van der Waals surface area contributed by atoms with Crippen molar-refractivity contribution in [1.82, 2.24) is 14.5 Å². The van der Waals surface area contributed by atoms with Crippen molar-refractivity contribution in [3.05, 3.63) is 66.5 Å². The molecule has 0 saturated heterocycles. The van der Waals surface area contributed by atoms with E-state index in [4.69, 9.17) is 9.47 Å². The maximum absolute atomic E-state index is 14.3. The first-order chi connectivity index (χ1) is 16.1. The Labute approximate surface area is 195 Å². The predicted molar refractivity (Wildman–Crippen MR) is 127 cm³/mol. The van der Waals surface area contributed by atoms with E-state index in [2.05, 4.69) is 9.97 Å². The number of carbonyl (C=O) groups is 1. The van der Waals surface area contributed by atoms with Gasteiger partial charge in [-0.25, -0.2) is 14.4 Å². The molecule has 2 aromatic heterocycles. The van der Waals surface area contributed by atoms with Crippen LogP contribution in [-0.2, 0) is 6.54 Å². The van der Waals surface area contributed by atoms with Crippen LogP contribution in [-0.4, -0.2) is 40.2 Å². The number of fused-ring (bicyclic) bond motifs is 1. The van der Waals surface area contributed by atoms with Crippen molar-refractivity contribution in [2.75, 3.05) is 24.7 Å². The molecule has 1 amide bonds. The van der Waals surface area contributed by atoms with Gasteiger partial charge >= 0.3 is 0 Å². The Morgan fingerprint density at radius 3 is 2.70 bits per heavy atom. The molecule has 9 heteroatoms. The summed E-state index contributed by atoms with van der Waals surface area (Å²) in [5, 5.41) is 0.456. The fourth-order valence-corrected chi connectivity index (χ4v) is 4.48. The lowest BCUT2D eigenvalue weighted by Crippen LogP contribution is -2.32. The van der Waals surface area contributed by atoms with E-state index in [0.717, 1.165) is 0 Å². The van der Waals surface area contributed by atoms with Gasteiger partial charge in [-0.05, 0) is 50.6 Å². The number of halogens is 1. The van der Waals surface area contributed by atoms with Crippen LogP contribution >= 0.6 is 11.3 Å². The van der Waals surface area contributed by atoms with E-state index >= 15 is 0 Å². The minimum absolute atomic E-state index is 0.232. The second kappa shape index (κ2) is 10.4. The van der Waals surface area contributed by atoms with E-state index in [1.807, 2.05) is 24.6 Å². The third-order valence-electron chi connectivity index (χ3n) is 4.98. The van der Waals surface area contributed by atoms with Crippen LogP contribution < -0.4 is 14.4 Å². The van der Waals surface area contributed by atoms with Crippen molar-refractivity contribution < 1.29 is 18.7 Å². The van der Waals surface area contributed by atoms with Crippen LogP contribution in [0.15, 0.2) is 55.1 Å². The number of carbonyl (C=O) groups excluding carboxylic acids is 1. The quantitative estimate of drug-likeness (QED) is 0.321. The summed E-state index contributed by atoms with van der Waals surface area (Å²) in [6.45, 7) is 5.81. The number of ether oxygens (including phenoxy) is 2. The van der Waals surface area contributed by atoms with Crippen molar-refractivity contribution in [1.29, 1.82) is 0 Å². The van der Waals surface area contributed by atoms with Gasteiger partial charge in [0.1, 0.15) is 11.3 Å². The maximum Gasteiger partial charge on any atom is 0.260 e. The summed E-state index contributed by atoms with van der Waals surface area (Å²) >= 11 is 1.30. The van der Waals surface area contributed by atoms with Crippen molar-refractivity contribution in [3.8, 4) is 11.5 Å². The molecule has 0 aliphatic rings. The minimum Gasteiger partial charge on any atom is -0.490 e. The first-order valence-corrected chi connectivity index (χ1v) is 11.6. The molecule has 4 aromatic rings. The SMILES string of the molecule is CCOc1ccc(C(=O)N(CCCn2ccnc2)c2nc3c(F)cccc3s2)cc1OCC. The number of nitrogens with zero attached hydrogens (tertiary/aromatic N) is 4. The molecular formula is C24H25FN4O3S. The third-order valence-corrected chi connectivity index (χ3v) is 6.03.